The summed E-state index contributed by atoms with van der Waals surface area (Å²) in [5.74, 6) is -2.47. The second-order valence-electron chi connectivity index (χ2n) is 9.93. The van der Waals surface area contributed by atoms with Crippen LogP contribution in [0.4, 0.5) is 34.6 Å². The highest BCUT2D eigenvalue weighted by Gasteiger charge is 2.24. The van der Waals surface area contributed by atoms with Gasteiger partial charge in [0.15, 0.2) is 5.75 Å². The molecule has 5 aromatic rings. The summed E-state index contributed by atoms with van der Waals surface area (Å²) >= 11 is 0.528. The van der Waals surface area contributed by atoms with E-state index in [4.69, 9.17) is 18.0 Å². The van der Waals surface area contributed by atoms with E-state index in [2.05, 4.69) is 45.7 Å². The lowest BCUT2D eigenvalue weighted by Gasteiger charge is -2.16. The third-order valence-corrected chi connectivity index (χ3v) is 8.73. The molecule has 0 fully saturated rings. The van der Waals surface area contributed by atoms with E-state index in [-0.39, 0.29) is 66.3 Å². The van der Waals surface area contributed by atoms with Gasteiger partial charge in [0.05, 0.1) is 72.8 Å². The number of nitrogens with zero attached hydrogens (tertiary/aromatic N) is 5. The number of rotatable bonds is 14. The summed E-state index contributed by atoms with van der Waals surface area (Å²) < 4.78 is 45.1. The highest BCUT2D eigenvalue weighted by atomic mass is 32.2. The second kappa shape index (κ2) is 16.4. The first kappa shape index (κ1) is 37.3. The van der Waals surface area contributed by atoms with E-state index in [9.17, 15) is 28.2 Å². The van der Waals surface area contributed by atoms with Gasteiger partial charge in [-0.25, -0.2) is 14.5 Å². The molecule has 5 rings (SSSR count). The molecule has 0 unspecified atom stereocenters. The number of benzene rings is 4. The van der Waals surface area contributed by atoms with E-state index >= 15 is 0 Å². The van der Waals surface area contributed by atoms with E-state index in [1.54, 1.807) is 30.3 Å². The normalized spacial score (nSPS) is 11.5. The zero-order valence-electron chi connectivity index (χ0n) is 27.4. The van der Waals surface area contributed by atoms with Crippen molar-refractivity contribution in [3.05, 3.63) is 77.9 Å². The van der Waals surface area contributed by atoms with Crippen molar-refractivity contribution in [3.8, 4) is 11.8 Å². The third kappa shape index (κ3) is 8.31. The number of nitrogens with one attached hydrogen (secondary N) is 2. The highest BCUT2D eigenvalue weighted by molar-refractivity contribution is 7.94. The maximum absolute atomic E-state index is 12.9. The molecule has 4 aromatic carbocycles. The van der Waals surface area contributed by atoms with Gasteiger partial charge >= 0.3 is 17.9 Å². The number of anilines is 4. The summed E-state index contributed by atoms with van der Waals surface area (Å²) in [4.78, 5) is 40.8. The Labute approximate surface area is 298 Å². The molecule has 0 bridgehead atoms. The fraction of sp³-hybridized carbons (Fsp3) is 0.129. The topological polar surface area (TPSA) is 252 Å². The van der Waals surface area contributed by atoms with Gasteiger partial charge in [-0.1, -0.05) is 29.3 Å². The monoisotopic (exact) mass is 753 g/mol. The quantitative estimate of drug-likeness (QED) is 0.0200. The summed E-state index contributed by atoms with van der Waals surface area (Å²) in [6.45, 7) is 0. The first-order chi connectivity index (χ1) is 25.0. The van der Waals surface area contributed by atoms with Crippen LogP contribution in [0.15, 0.2) is 86.7 Å². The Balaban J connectivity index is 1.68. The van der Waals surface area contributed by atoms with Crippen molar-refractivity contribution in [2.75, 3.05) is 39.1 Å². The van der Waals surface area contributed by atoms with Crippen LogP contribution in [0.3, 0.4) is 0 Å². The van der Waals surface area contributed by atoms with Gasteiger partial charge < -0.3 is 30.3 Å². The average Bonchev–Trinajstić information content (AvgIpc) is 3.14. The summed E-state index contributed by atoms with van der Waals surface area (Å²) in [5, 5.41) is 40.7. The number of carbonyl (C=O) groups is 2. The Hall–Kier alpha value is -5.97. The predicted octanol–water partition coefficient (Wildman–Crippen LogP) is 5.76. The first-order valence-electron chi connectivity index (χ1n) is 14.4. The molecular formula is C31H27N7O12S2. The lowest BCUT2D eigenvalue weighted by Crippen LogP contribution is -2.09. The minimum Gasteiger partial charge on any atom is -0.505 e. The molecule has 1 heterocycles. The molecule has 0 saturated carbocycles. The third-order valence-electron chi connectivity index (χ3n) is 6.87. The van der Waals surface area contributed by atoms with Gasteiger partial charge in [0.2, 0.25) is 11.9 Å². The molecule has 1 aromatic heterocycles. The number of aromatic hydroxyl groups is 2. The van der Waals surface area contributed by atoms with Crippen LogP contribution in [0.2, 0.25) is 0 Å². The van der Waals surface area contributed by atoms with Gasteiger partial charge in [-0.05, 0) is 47.9 Å². The maximum atomic E-state index is 12.9. The highest BCUT2D eigenvalue weighted by Crippen LogP contribution is 2.47. The fourth-order valence-electron chi connectivity index (χ4n) is 4.58. The number of hydrogen-bond donors (Lipinski definition) is 4. The van der Waals surface area contributed by atoms with Crippen molar-refractivity contribution in [2.45, 2.75) is 9.79 Å². The molecular weight excluding hydrogens is 727 g/mol. The van der Waals surface area contributed by atoms with Crippen molar-refractivity contribution in [1.29, 1.82) is 0 Å². The van der Waals surface area contributed by atoms with Crippen LogP contribution in [-0.4, -0.2) is 74.0 Å². The van der Waals surface area contributed by atoms with Crippen LogP contribution in [0.5, 0.6) is 11.8 Å². The standard InChI is InChI=1S/C31H27N7O12S2/c1-45-27(40)18-9-5-7-11-20(18)32-29-34-30(36-31(42)35-29)33-22-15-17(52(43,44)48-4)13-16-14-23(51-50-49-47-3)25(26(39)24(16)22)38-37-21-12-8-6-10-19(21)28(41)46-2/h5-15,39H,1-4H3,(H3,32,33,34,35,36,42). The number of phenols is 1. The lowest BCUT2D eigenvalue weighted by molar-refractivity contribution is -0.447. The van der Waals surface area contributed by atoms with E-state index in [1.165, 1.54) is 51.7 Å². The predicted molar refractivity (Wildman–Crippen MR) is 183 cm³/mol. The maximum Gasteiger partial charge on any atom is 0.340 e. The lowest BCUT2D eigenvalue weighted by atomic mass is 10.1. The summed E-state index contributed by atoms with van der Waals surface area (Å²) in [5.41, 5.74) is 0.199. The molecule has 21 heteroatoms. The average molecular weight is 754 g/mol. The second-order valence-corrected chi connectivity index (χ2v) is 12.4. The smallest absolute Gasteiger partial charge is 0.340 e. The molecule has 0 spiro atoms. The van der Waals surface area contributed by atoms with Crippen LogP contribution >= 0.6 is 12.0 Å². The molecule has 0 aliphatic heterocycles. The fourth-order valence-corrected chi connectivity index (χ4v) is 5.86. The Morgan fingerprint density at radius 1 is 0.788 bits per heavy atom. The molecule has 0 atom stereocenters. The van der Waals surface area contributed by atoms with E-state index in [0.717, 1.165) is 13.2 Å². The van der Waals surface area contributed by atoms with Gasteiger partial charge in [-0.3, -0.25) is 4.18 Å². The molecule has 0 aliphatic rings. The number of aromatic nitrogens is 3. The van der Waals surface area contributed by atoms with Gasteiger partial charge in [0, 0.05) is 5.39 Å². The zero-order valence-corrected chi connectivity index (χ0v) is 29.0. The summed E-state index contributed by atoms with van der Waals surface area (Å²) in [7, 11) is 0.213. The molecule has 19 nitrogen and oxygen atoms in total. The van der Waals surface area contributed by atoms with Gasteiger partial charge in [-0.15, -0.1) is 14.6 Å². The largest absolute Gasteiger partial charge is 0.505 e. The van der Waals surface area contributed by atoms with Crippen LogP contribution in [0.25, 0.3) is 10.8 Å². The van der Waals surface area contributed by atoms with Gasteiger partial charge in [0.1, 0.15) is 11.4 Å². The molecule has 4 N–H and O–H groups in total. The number of hydrogen-bond acceptors (Lipinski definition) is 20. The van der Waals surface area contributed by atoms with E-state index < -0.39 is 33.8 Å². The first-order valence-corrected chi connectivity index (χ1v) is 16.6. The van der Waals surface area contributed by atoms with E-state index in [1.807, 2.05) is 0 Å². The number of carbonyl (C=O) groups excluding carboxylic acids is 2. The molecule has 52 heavy (non-hydrogen) atoms. The van der Waals surface area contributed by atoms with Crippen molar-refractivity contribution in [2.24, 2.45) is 10.2 Å². The Bertz CT molecular complexity index is 2290. The minimum absolute atomic E-state index is 0.0345. The molecule has 270 valence electrons. The number of fused-ring (bicyclic) bond motifs is 1. The number of azo groups is 1. The number of para-hydroxylation sites is 1. The Morgan fingerprint density at radius 2 is 1.42 bits per heavy atom. The Kier molecular flexibility index (Phi) is 11.7. The molecule has 0 aliphatic carbocycles. The van der Waals surface area contributed by atoms with Crippen molar-refractivity contribution < 1.29 is 56.1 Å². The van der Waals surface area contributed by atoms with Crippen LogP contribution in [0, 0.1) is 0 Å². The van der Waals surface area contributed by atoms with Gasteiger partial charge in [-0.2, -0.15) is 23.4 Å². The SMILES string of the molecule is COOOSc1cc2cc(S(=O)(=O)OC)cc(Nc3nc(O)nc(Nc4ccccc4C(=O)OC)n3)c2c(O)c1N=Nc1ccccc1C(=O)OC. The number of methoxy groups -OCH3 is 2. The number of phenolic OH excluding ortho intramolecular Hbond substituents is 1. The molecule has 0 radical (unpaired) electrons. The number of esters is 2. The minimum atomic E-state index is -4.34. The van der Waals surface area contributed by atoms with E-state index in [0.29, 0.717) is 12.0 Å². The van der Waals surface area contributed by atoms with Crippen LogP contribution < -0.4 is 10.6 Å². The summed E-state index contributed by atoms with van der Waals surface area (Å²) in [6.07, 6.45) is 0. The van der Waals surface area contributed by atoms with Crippen LogP contribution in [-0.2, 0) is 38.0 Å². The molecule has 0 amide bonds. The zero-order chi connectivity index (χ0) is 37.4. The molecule has 0 saturated heterocycles. The van der Waals surface area contributed by atoms with Crippen molar-refractivity contribution in [3.63, 3.8) is 0 Å². The summed E-state index contributed by atoms with van der Waals surface area (Å²) in [6, 6.07) is 15.4. The number of ether oxygens (including phenoxy) is 2. The van der Waals surface area contributed by atoms with Crippen molar-refractivity contribution >= 4 is 79.5 Å². The Morgan fingerprint density at radius 3 is 2.10 bits per heavy atom. The van der Waals surface area contributed by atoms with Crippen molar-refractivity contribution in [1.82, 2.24) is 15.0 Å². The van der Waals surface area contributed by atoms with Gasteiger partial charge in [0.25, 0.3) is 10.1 Å². The van der Waals surface area contributed by atoms with Crippen LogP contribution in [0.1, 0.15) is 20.7 Å².